The highest BCUT2D eigenvalue weighted by atomic mass is 32.2. The fourth-order valence-electron chi connectivity index (χ4n) is 1.91. The van der Waals surface area contributed by atoms with Crippen molar-refractivity contribution >= 4 is 11.8 Å². The minimum absolute atomic E-state index is 0.445. The van der Waals surface area contributed by atoms with Gasteiger partial charge in [0.05, 0.1) is 0 Å². The molecule has 0 aromatic heterocycles. The Balaban J connectivity index is 2.44. The fraction of sp³-hybridized carbons (Fsp3) is 0.625. The summed E-state index contributed by atoms with van der Waals surface area (Å²) in [6, 6.07) is 9.46. The third kappa shape index (κ3) is 5.03. The van der Waals surface area contributed by atoms with Crippen molar-refractivity contribution in [3.8, 4) is 0 Å². The second kappa shape index (κ2) is 7.85. The van der Waals surface area contributed by atoms with E-state index in [9.17, 15) is 0 Å². The number of hydrogen-bond donors (Lipinski definition) is 1. The van der Waals surface area contributed by atoms with Crippen LogP contribution in [0.25, 0.3) is 0 Å². The Kier molecular flexibility index (Phi) is 6.80. The predicted molar refractivity (Wildman–Crippen MR) is 84.5 cm³/mol. The van der Waals surface area contributed by atoms with Crippen molar-refractivity contribution in [1.29, 1.82) is 0 Å². The second-order valence-corrected chi connectivity index (χ2v) is 6.61. The molecular formula is C16H27NS. The first-order valence-electron chi connectivity index (χ1n) is 6.90. The van der Waals surface area contributed by atoms with E-state index in [1.54, 1.807) is 0 Å². The lowest BCUT2D eigenvalue weighted by atomic mass is 9.99. The average molecular weight is 265 g/mol. The molecule has 0 aliphatic rings. The molecule has 0 amide bonds. The van der Waals surface area contributed by atoms with Crippen LogP contribution in [-0.4, -0.2) is 18.1 Å². The molecular weight excluding hydrogens is 238 g/mol. The van der Waals surface area contributed by atoms with Crippen molar-refractivity contribution in [2.45, 2.75) is 51.3 Å². The molecule has 0 fully saturated rings. The molecule has 102 valence electrons. The molecule has 0 saturated heterocycles. The molecule has 0 spiro atoms. The maximum atomic E-state index is 3.60. The SMILES string of the molecule is CSC(C)CCNC(C)c1ccc(C(C)C)cc1. The maximum Gasteiger partial charge on any atom is 0.0291 e. The van der Waals surface area contributed by atoms with E-state index >= 15 is 0 Å². The van der Waals surface area contributed by atoms with Gasteiger partial charge in [-0.2, -0.15) is 11.8 Å². The first-order valence-corrected chi connectivity index (χ1v) is 8.19. The van der Waals surface area contributed by atoms with Crippen molar-refractivity contribution in [2.24, 2.45) is 0 Å². The van der Waals surface area contributed by atoms with Gasteiger partial charge in [-0.25, -0.2) is 0 Å². The van der Waals surface area contributed by atoms with Crippen LogP contribution in [0.15, 0.2) is 24.3 Å². The summed E-state index contributed by atoms with van der Waals surface area (Å²) in [5, 5.41) is 4.34. The Morgan fingerprint density at radius 2 is 1.56 bits per heavy atom. The molecule has 0 heterocycles. The predicted octanol–water partition coefficient (Wildman–Crippen LogP) is 4.60. The van der Waals surface area contributed by atoms with Crippen molar-refractivity contribution in [2.75, 3.05) is 12.8 Å². The van der Waals surface area contributed by atoms with Crippen LogP contribution >= 0.6 is 11.8 Å². The van der Waals surface area contributed by atoms with E-state index in [2.05, 4.69) is 63.5 Å². The summed E-state index contributed by atoms with van der Waals surface area (Å²) in [5.74, 6) is 0.616. The number of nitrogens with one attached hydrogen (secondary N) is 1. The van der Waals surface area contributed by atoms with Crippen molar-refractivity contribution in [3.63, 3.8) is 0 Å². The van der Waals surface area contributed by atoms with Gasteiger partial charge in [0.2, 0.25) is 0 Å². The monoisotopic (exact) mass is 265 g/mol. The molecule has 1 rings (SSSR count). The van der Waals surface area contributed by atoms with Crippen LogP contribution in [0.1, 0.15) is 57.2 Å². The van der Waals surface area contributed by atoms with Gasteiger partial charge < -0.3 is 5.32 Å². The van der Waals surface area contributed by atoms with Crippen LogP contribution < -0.4 is 5.32 Å². The van der Waals surface area contributed by atoms with E-state index in [1.807, 2.05) is 11.8 Å². The molecule has 0 radical (unpaired) electrons. The molecule has 0 saturated carbocycles. The molecule has 0 bridgehead atoms. The van der Waals surface area contributed by atoms with Gasteiger partial charge in [0.1, 0.15) is 0 Å². The first kappa shape index (κ1) is 15.6. The molecule has 1 nitrogen and oxygen atoms in total. The molecule has 0 aliphatic carbocycles. The van der Waals surface area contributed by atoms with Crippen molar-refractivity contribution in [3.05, 3.63) is 35.4 Å². The van der Waals surface area contributed by atoms with Crippen LogP contribution in [0.2, 0.25) is 0 Å². The van der Waals surface area contributed by atoms with Crippen LogP contribution in [0, 0.1) is 0 Å². The van der Waals surface area contributed by atoms with Gasteiger partial charge in [0.15, 0.2) is 0 Å². The van der Waals surface area contributed by atoms with E-state index in [0.717, 1.165) is 11.8 Å². The molecule has 0 aliphatic heterocycles. The molecule has 2 atom stereocenters. The fourth-order valence-corrected chi connectivity index (χ4v) is 2.26. The van der Waals surface area contributed by atoms with Gasteiger partial charge in [-0.3, -0.25) is 0 Å². The third-order valence-corrected chi connectivity index (χ3v) is 4.55. The minimum atomic E-state index is 0.445. The zero-order valence-corrected chi connectivity index (χ0v) is 13.2. The summed E-state index contributed by atoms with van der Waals surface area (Å²) in [7, 11) is 0. The largest absolute Gasteiger partial charge is 0.310 e. The summed E-state index contributed by atoms with van der Waals surface area (Å²) in [5.41, 5.74) is 2.80. The van der Waals surface area contributed by atoms with E-state index in [0.29, 0.717) is 12.0 Å². The maximum absolute atomic E-state index is 3.60. The van der Waals surface area contributed by atoms with E-state index in [4.69, 9.17) is 0 Å². The van der Waals surface area contributed by atoms with Gasteiger partial charge >= 0.3 is 0 Å². The molecule has 2 unspecified atom stereocenters. The zero-order valence-electron chi connectivity index (χ0n) is 12.4. The Labute approximate surface area is 117 Å². The third-order valence-electron chi connectivity index (χ3n) is 3.51. The summed E-state index contributed by atoms with van der Waals surface area (Å²) in [4.78, 5) is 0. The number of thioether (sulfide) groups is 1. The van der Waals surface area contributed by atoms with Crippen molar-refractivity contribution in [1.82, 2.24) is 5.32 Å². The summed E-state index contributed by atoms with van der Waals surface area (Å²) in [6.07, 6.45) is 3.41. The standard InChI is InChI=1S/C16H27NS/c1-12(2)15-6-8-16(9-7-15)14(4)17-11-10-13(3)18-5/h6-9,12-14,17H,10-11H2,1-5H3. The number of rotatable bonds is 7. The molecule has 1 aromatic rings. The highest BCUT2D eigenvalue weighted by molar-refractivity contribution is 7.99. The number of hydrogen-bond acceptors (Lipinski definition) is 2. The lowest BCUT2D eigenvalue weighted by molar-refractivity contribution is 0.558. The molecule has 2 heteroatoms. The molecule has 1 N–H and O–H groups in total. The van der Waals surface area contributed by atoms with Crippen LogP contribution in [0.5, 0.6) is 0 Å². The second-order valence-electron chi connectivity index (χ2n) is 5.33. The van der Waals surface area contributed by atoms with Gasteiger partial charge in [0.25, 0.3) is 0 Å². The Hall–Kier alpha value is -0.470. The minimum Gasteiger partial charge on any atom is -0.310 e. The number of benzene rings is 1. The van der Waals surface area contributed by atoms with Crippen LogP contribution in [-0.2, 0) is 0 Å². The quantitative estimate of drug-likeness (QED) is 0.773. The average Bonchev–Trinajstić information content (AvgIpc) is 2.38. The molecule has 1 aromatic carbocycles. The lowest BCUT2D eigenvalue weighted by Gasteiger charge is -2.16. The smallest absolute Gasteiger partial charge is 0.0291 e. The van der Waals surface area contributed by atoms with E-state index < -0.39 is 0 Å². The summed E-state index contributed by atoms with van der Waals surface area (Å²) < 4.78 is 0. The highest BCUT2D eigenvalue weighted by Gasteiger charge is 2.06. The van der Waals surface area contributed by atoms with Crippen LogP contribution in [0.4, 0.5) is 0 Å². The zero-order chi connectivity index (χ0) is 13.5. The normalized spacial score (nSPS) is 14.8. The van der Waals surface area contributed by atoms with Gasteiger partial charge in [-0.05, 0) is 43.2 Å². The van der Waals surface area contributed by atoms with Gasteiger partial charge in [-0.1, -0.05) is 45.0 Å². The molecule has 18 heavy (non-hydrogen) atoms. The van der Waals surface area contributed by atoms with Crippen molar-refractivity contribution < 1.29 is 0 Å². The highest BCUT2D eigenvalue weighted by Crippen LogP contribution is 2.18. The first-order chi connectivity index (χ1) is 8.54. The van der Waals surface area contributed by atoms with Gasteiger partial charge in [0, 0.05) is 11.3 Å². The topological polar surface area (TPSA) is 12.0 Å². The Bertz CT molecular complexity index is 331. The Morgan fingerprint density at radius 1 is 1.00 bits per heavy atom. The van der Waals surface area contributed by atoms with E-state index in [1.165, 1.54) is 17.5 Å². The summed E-state index contributed by atoms with van der Waals surface area (Å²) >= 11 is 1.94. The van der Waals surface area contributed by atoms with E-state index in [-0.39, 0.29) is 0 Å². The lowest BCUT2D eigenvalue weighted by Crippen LogP contribution is -2.21. The van der Waals surface area contributed by atoms with Gasteiger partial charge in [-0.15, -0.1) is 0 Å². The van der Waals surface area contributed by atoms with Crippen LogP contribution in [0.3, 0.4) is 0 Å². The Morgan fingerprint density at radius 3 is 2.06 bits per heavy atom. The summed E-state index contributed by atoms with van der Waals surface area (Å²) in [6.45, 7) is 10.1.